The molecule has 2 heterocycles. The molecule has 96 valence electrons. The minimum absolute atomic E-state index is 0.153. The van der Waals surface area contributed by atoms with Gasteiger partial charge in [-0.2, -0.15) is 0 Å². The first-order chi connectivity index (χ1) is 8.66. The van der Waals surface area contributed by atoms with E-state index in [4.69, 9.17) is 5.84 Å². The maximum atomic E-state index is 14.1. The van der Waals surface area contributed by atoms with Crippen LogP contribution < -0.4 is 10.7 Å². The van der Waals surface area contributed by atoms with Crippen LogP contribution in [0.3, 0.4) is 0 Å². The molecule has 1 aromatic carbocycles. The highest BCUT2D eigenvalue weighted by atomic mass is 32.1. The highest BCUT2D eigenvalue weighted by molar-refractivity contribution is 7.08. The largest absolute Gasteiger partial charge is 0.369 e. The van der Waals surface area contributed by atoms with Crippen molar-refractivity contribution in [3.63, 3.8) is 0 Å². The van der Waals surface area contributed by atoms with Crippen LogP contribution in [-0.4, -0.2) is 17.2 Å². The number of anilines is 1. The van der Waals surface area contributed by atoms with Crippen LogP contribution in [-0.2, 0) is 0 Å². The molecule has 1 saturated heterocycles. The molecule has 0 saturated carbocycles. The van der Waals surface area contributed by atoms with Gasteiger partial charge < -0.3 is 10.7 Å². The molecule has 3 rings (SSSR count). The molecule has 1 aliphatic rings. The first-order valence-corrected chi connectivity index (χ1v) is 6.92. The zero-order chi connectivity index (χ0) is 12.7. The number of aromatic nitrogens is 1. The highest BCUT2D eigenvalue weighted by Gasteiger charge is 2.18. The number of rotatable bonds is 2. The third-order valence-electron chi connectivity index (χ3n) is 3.46. The molecule has 0 atom stereocenters. The number of halogens is 1. The molecule has 18 heavy (non-hydrogen) atoms. The van der Waals surface area contributed by atoms with Crippen molar-refractivity contribution in [2.45, 2.75) is 19.8 Å². The Bertz CT molecular complexity index is 552. The van der Waals surface area contributed by atoms with Crippen LogP contribution in [0.1, 0.15) is 17.7 Å². The Hall–Kier alpha value is -1.49. The maximum Gasteiger partial charge on any atom is 0.147 e. The van der Waals surface area contributed by atoms with E-state index in [2.05, 4.69) is 4.90 Å². The van der Waals surface area contributed by atoms with Gasteiger partial charge in [0, 0.05) is 23.5 Å². The summed E-state index contributed by atoms with van der Waals surface area (Å²) in [6.45, 7) is 3.91. The van der Waals surface area contributed by atoms with Gasteiger partial charge >= 0.3 is 0 Å². The van der Waals surface area contributed by atoms with Crippen LogP contribution in [0.5, 0.6) is 0 Å². The Morgan fingerprint density at radius 3 is 2.56 bits per heavy atom. The molecule has 1 fully saturated rings. The van der Waals surface area contributed by atoms with E-state index in [1.165, 1.54) is 11.5 Å². The summed E-state index contributed by atoms with van der Waals surface area (Å²) in [7, 11) is 0. The monoisotopic (exact) mass is 265 g/mol. The number of aryl methyl sites for hydroxylation is 1. The van der Waals surface area contributed by atoms with E-state index in [-0.39, 0.29) is 5.82 Å². The van der Waals surface area contributed by atoms with Crippen molar-refractivity contribution in [1.29, 1.82) is 0 Å². The number of nitrogen functional groups attached to an aromatic ring is 1. The predicted molar refractivity (Wildman–Crippen MR) is 74.0 cm³/mol. The lowest BCUT2D eigenvalue weighted by atomic mass is 10.1. The fourth-order valence-electron chi connectivity index (χ4n) is 2.55. The molecular weight excluding hydrogens is 249 g/mol. The standard InChI is InChI=1S/C13H16FN3S/c1-9-13(17(15)18-9)10-4-5-12(11(14)8-10)16-6-2-3-7-16/h4-5,8H,2-3,6-7,15H2,1H3. The summed E-state index contributed by atoms with van der Waals surface area (Å²) in [5.41, 5.74) is 2.49. The fourth-order valence-corrected chi connectivity index (χ4v) is 3.35. The smallest absolute Gasteiger partial charge is 0.147 e. The van der Waals surface area contributed by atoms with Gasteiger partial charge in [-0.15, -0.1) is 0 Å². The summed E-state index contributed by atoms with van der Waals surface area (Å²) in [4.78, 5) is 3.24. The Morgan fingerprint density at radius 2 is 2.00 bits per heavy atom. The molecule has 2 aromatic rings. The van der Waals surface area contributed by atoms with Crippen molar-refractivity contribution in [2.24, 2.45) is 0 Å². The Kier molecular flexibility index (Phi) is 2.78. The normalized spacial score (nSPS) is 15.6. The minimum atomic E-state index is -0.153. The molecule has 0 unspecified atom stereocenters. The van der Waals surface area contributed by atoms with E-state index in [1.54, 1.807) is 10.1 Å². The number of nitrogens with zero attached hydrogens (tertiary/aromatic N) is 2. The molecule has 1 aliphatic heterocycles. The molecule has 0 amide bonds. The second-order valence-corrected chi connectivity index (χ2v) is 5.87. The van der Waals surface area contributed by atoms with Crippen molar-refractivity contribution < 1.29 is 4.39 Å². The zero-order valence-corrected chi connectivity index (χ0v) is 11.1. The van der Waals surface area contributed by atoms with Gasteiger partial charge in [-0.25, -0.2) is 8.46 Å². The lowest BCUT2D eigenvalue weighted by Crippen LogP contribution is -2.19. The Labute approximate surface area is 110 Å². The maximum absolute atomic E-state index is 14.1. The fraction of sp³-hybridized carbons (Fsp3) is 0.385. The second-order valence-electron chi connectivity index (χ2n) is 4.68. The molecule has 1 aromatic heterocycles. The quantitative estimate of drug-likeness (QED) is 0.847. The van der Waals surface area contributed by atoms with Gasteiger partial charge in [0.15, 0.2) is 0 Å². The first kappa shape index (κ1) is 11.6. The lowest BCUT2D eigenvalue weighted by molar-refractivity contribution is 0.623. The third kappa shape index (κ3) is 1.79. The number of nitrogens with two attached hydrogens (primary N) is 1. The van der Waals surface area contributed by atoms with Crippen molar-refractivity contribution >= 4 is 17.2 Å². The summed E-state index contributed by atoms with van der Waals surface area (Å²) in [6.07, 6.45) is 2.30. The van der Waals surface area contributed by atoms with Gasteiger partial charge in [0.05, 0.1) is 11.4 Å². The van der Waals surface area contributed by atoms with Crippen molar-refractivity contribution in [2.75, 3.05) is 23.8 Å². The van der Waals surface area contributed by atoms with E-state index in [9.17, 15) is 4.39 Å². The molecule has 0 spiro atoms. The SMILES string of the molecule is Cc1sn(N)c1-c1ccc(N2CCCC2)c(F)c1. The zero-order valence-electron chi connectivity index (χ0n) is 10.3. The molecule has 0 radical (unpaired) electrons. The molecular formula is C13H16FN3S. The minimum Gasteiger partial charge on any atom is -0.369 e. The average molecular weight is 265 g/mol. The average Bonchev–Trinajstić information content (AvgIpc) is 2.82. The van der Waals surface area contributed by atoms with E-state index < -0.39 is 0 Å². The van der Waals surface area contributed by atoms with Crippen LogP contribution in [0.4, 0.5) is 10.1 Å². The predicted octanol–water partition coefficient (Wildman–Crippen LogP) is 2.98. The van der Waals surface area contributed by atoms with E-state index in [0.29, 0.717) is 5.69 Å². The molecule has 2 N–H and O–H groups in total. The third-order valence-corrected chi connectivity index (χ3v) is 4.30. The number of benzene rings is 1. The van der Waals surface area contributed by atoms with Gasteiger partial charge in [0.1, 0.15) is 5.82 Å². The number of hydrogen-bond donors (Lipinski definition) is 1. The molecule has 3 nitrogen and oxygen atoms in total. The summed E-state index contributed by atoms with van der Waals surface area (Å²) in [5.74, 6) is 5.61. The van der Waals surface area contributed by atoms with Gasteiger partial charge in [-0.1, -0.05) is 6.07 Å². The Balaban J connectivity index is 1.95. The van der Waals surface area contributed by atoms with Crippen molar-refractivity contribution in [1.82, 2.24) is 4.07 Å². The van der Waals surface area contributed by atoms with Crippen LogP contribution in [0.2, 0.25) is 0 Å². The van der Waals surface area contributed by atoms with Gasteiger partial charge in [0.25, 0.3) is 0 Å². The summed E-state index contributed by atoms with van der Waals surface area (Å²) < 4.78 is 15.7. The van der Waals surface area contributed by atoms with Crippen LogP contribution in [0.15, 0.2) is 18.2 Å². The molecule has 0 bridgehead atoms. The summed E-state index contributed by atoms with van der Waals surface area (Å²) >= 11 is 1.48. The van der Waals surface area contributed by atoms with E-state index in [1.807, 2.05) is 19.1 Å². The molecule has 0 aliphatic carbocycles. The molecule has 5 heteroatoms. The van der Waals surface area contributed by atoms with Crippen LogP contribution in [0, 0.1) is 12.7 Å². The van der Waals surface area contributed by atoms with Gasteiger partial charge in [-0.3, -0.25) is 0 Å². The highest BCUT2D eigenvalue weighted by Crippen LogP contribution is 2.33. The lowest BCUT2D eigenvalue weighted by Gasteiger charge is -2.20. The Morgan fingerprint density at radius 1 is 1.28 bits per heavy atom. The van der Waals surface area contributed by atoms with E-state index >= 15 is 0 Å². The van der Waals surface area contributed by atoms with Gasteiger partial charge in [-0.05, 0) is 43.4 Å². The van der Waals surface area contributed by atoms with Gasteiger partial charge in [0.2, 0.25) is 0 Å². The van der Waals surface area contributed by atoms with E-state index in [0.717, 1.165) is 42.1 Å². The van der Waals surface area contributed by atoms with Crippen molar-refractivity contribution in [3.8, 4) is 11.3 Å². The van der Waals surface area contributed by atoms with Crippen LogP contribution in [0.25, 0.3) is 11.3 Å². The first-order valence-electron chi connectivity index (χ1n) is 6.15. The van der Waals surface area contributed by atoms with Crippen molar-refractivity contribution in [3.05, 3.63) is 28.9 Å². The summed E-state index contributed by atoms with van der Waals surface area (Å²) in [6, 6.07) is 5.41. The summed E-state index contributed by atoms with van der Waals surface area (Å²) in [5, 5.41) is 0. The topological polar surface area (TPSA) is 34.2 Å². The van der Waals surface area contributed by atoms with Crippen LogP contribution >= 0.6 is 11.5 Å². The second kappa shape index (κ2) is 4.31. The number of hydrogen-bond acceptors (Lipinski definition) is 3.